The maximum atomic E-state index is 11.9. The molecule has 0 bridgehead atoms. The smallest absolute Gasteiger partial charge is 0.306 e. The van der Waals surface area contributed by atoms with Crippen molar-refractivity contribution in [3.8, 4) is 0 Å². The topological polar surface area (TPSA) is 55.4 Å². The number of ether oxygens (including phenoxy) is 1. The zero-order valence-electron chi connectivity index (χ0n) is 12.9. The fraction of sp³-hybridized carbons (Fsp3) is 0.529. The van der Waals surface area contributed by atoms with E-state index in [0.29, 0.717) is 0 Å². The van der Waals surface area contributed by atoms with Gasteiger partial charge in [0.1, 0.15) is 5.60 Å². The Morgan fingerprint density at radius 2 is 1.71 bits per heavy atom. The monoisotopic (exact) mass is 289 g/mol. The van der Waals surface area contributed by atoms with E-state index in [4.69, 9.17) is 4.74 Å². The number of carbonyl (C=O) groups excluding carboxylic acids is 2. The molecule has 0 saturated carbocycles. The fourth-order valence-electron chi connectivity index (χ4n) is 2.57. The number of hydrogen-bond donors (Lipinski definition) is 1. The Morgan fingerprint density at radius 3 is 2.24 bits per heavy atom. The number of fused-ring (bicyclic) bond motifs is 1. The first-order valence-electron chi connectivity index (χ1n) is 7.41. The van der Waals surface area contributed by atoms with E-state index in [-0.39, 0.29) is 30.8 Å². The molecule has 0 heterocycles. The van der Waals surface area contributed by atoms with Crippen LogP contribution in [-0.2, 0) is 27.2 Å². The Labute approximate surface area is 125 Å². The molecule has 1 N–H and O–H groups in total. The summed E-state index contributed by atoms with van der Waals surface area (Å²) < 4.78 is 5.19. The van der Waals surface area contributed by atoms with Crippen LogP contribution in [0.5, 0.6) is 0 Å². The largest absolute Gasteiger partial charge is 0.460 e. The van der Waals surface area contributed by atoms with E-state index in [1.807, 2.05) is 32.9 Å². The standard InChI is InChI=1S/C17H23NO3/c1-17(2,3)21-16(20)9-8-15(19)18-14-10-12-6-4-5-7-13(12)11-14/h4-7,14H,8-11H2,1-3H3,(H,18,19). The zero-order valence-corrected chi connectivity index (χ0v) is 12.9. The van der Waals surface area contributed by atoms with E-state index < -0.39 is 5.60 Å². The molecule has 1 amide bonds. The molecule has 4 nitrogen and oxygen atoms in total. The Morgan fingerprint density at radius 1 is 1.14 bits per heavy atom. The minimum Gasteiger partial charge on any atom is -0.460 e. The number of nitrogens with one attached hydrogen (secondary N) is 1. The van der Waals surface area contributed by atoms with Gasteiger partial charge in [-0.1, -0.05) is 24.3 Å². The normalized spacial score (nSPS) is 14.6. The number of esters is 1. The molecule has 1 aliphatic rings. The minimum absolute atomic E-state index is 0.0846. The number of carbonyl (C=O) groups is 2. The highest BCUT2D eigenvalue weighted by atomic mass is 16.6. The van der Waals surface area contributed by atoms with Crippen LogP contribution in [0.1, 0.15) is 44.7 Å². The number of hydrogen-bond acceptors (Lipinski definition) is 3. The summed E-state index contributed by atoms with van der Waals surface area (Å²) in [5.74, 6) is -0.411. The molecule has 21 heavy (non-hydrogen) atoms. The van der Waals surface area contributed by atoms with Crippen LogP contribution < -0.4 is 5.32 Å². The summed E-state index contributed by atoms with van der Waals surface area (Å²) in [7, 11) is 0. The first-order chi connectivity index (χ1) is 9.83. The van der Waals surface area contributed by atoms with Gasteiger partial charge in [0.15, 0.2) is 0 Å². The average Bonchev–Trinajstić information content (AvgIpc) is 2.76. The van der Waals surface area contributed by atoms with Crippen LogP contribution in [0.2, 0.25) is 0 Å². The van der Waals surface area contributed by atoms with Crippen molar-refractivity contribution in [2.45, 2.75) is 58.1 Å². The van der Waals surface area contributed by atoms with Crippen molar-refractivity contribution in [1.82, 2.24) is 5.32 Å². The van der Waals surface area contributed by atoms with E-state index in [9.17, 15) is 9.59 Å². The molecule has 0 unspecified atom stereocenters. The van der Waals surface area contributed by atoms with Crippen LogP contribution in [0, 0.1) is 0 Å². The molecular weight excluding hydrogens is 266 g/mol. The van der Waals surface area contributed by atoms with Gasteiger partial charge in [-0.2, -0.15) is 0 Å². The van der Waals surface area contributed by atoms with E-state index in [0.717, 1.165) is 12.8 Å². The Kier molecular flexibility index (Phi) is 4.66. The van der Waals surface area contributed by atoms with Crippen molar-refractivity contribution in [3.05, 3.63) is 35.4 Å². The van der Waals surface area contributed by atoms with Crippen molar-refractivity contribution in [2.75, 3.05) is 0 Å². The number of rotatable bonds is 4. The molecule has 1 aliphatic carbocycles. The van der Waals surface area contributed by atoms with Gasteiger partial charge in [0, 0.05) is 12.5 Å². The zero-order chi connectivity index (χ0) is 15.5. The van der Waals surface area contributed by atoms with Gasteiger partial charge in [0.2, 0.25) is 5.91 Å². The van der Waals surface area contributed by atoms with Crippen molar-refractivity contribution < 1.29 is 14.3 Å². The van der Waals surface area contributed by atoms with Gasteiger partial charge in [-0.15, -0.1) is 0 Å². The molecular formula is C17H23NO3. The highest BCUT2D eigenvalue weighted by molar-refractivity contribution is 5.81. The predicted molar refractivity (Wildman–Crippen MR) is 80.9 cm³/mol. The number of amides is 1. The molecule has 1 aromatic rings. The van der Waals surface area contributed by atoms with Crippen molar-refractivity contribution in [1.29, 1.82) is 0 Å². The van der Waals surface area contributed by atoms with Gasteiger partial charge in [0.25, 0.3) is 0 Å². The summed E-state index contributed by atoms with van der Waals surface area (Å²) in [5.41, 5.74) is 2.10. The molecule has 0 saturated heterocycles. The Balaban J connectivity index is 1.73. The van der Waals surface area contributed by atoms with Gasteiger partial charge in [-0.05, 0) is 44.7 Å². The lowest BCUT2D eigenvalue weighted by Gasteiger charge is -2.19. The fourth-order valence-corrected chi connectivity index (χ4v) is 2.57. The first-order valence-corrected chi connectivity index (χ1v) is 7.41. The molecule has 0 atom stereocenters. The lowest BCUT2D eigenvalue weighted by atomic mass is 10.1. The van der Waals surface area contributed by atoms with E-state index in [2.05, 4.69) is 17.4 Å². The van der Waals surface area contributed by atoms with E-state index >= 15 is 0 Å². The second-order valence-corrected chi connectivity index (χ2v) is 6.53. The quantitative estimate of drug-likeness (QED) is 0.866. The van der Waals surface area contributed by atoms with Gasteiger partial charge < -0.3 is 10.1 Å². The summed E-state index contributed by atoms with van der Waals surface area (Å²) in [6.45, 7) is 5.46. The highest BCUT2D eigenvalue weighted by Crippen LogP contribution is 2.21. The first kappa shape index (κ1) is 15.5. The summed E-state index contributed by atoms with van der Waals surface area (Å²) in [4.78, 5) is 23.5. The van der Waals surface area contributed by atoms with Crippen LogP contribution in [0.4, 0.5) is 0 Å². The molecule has 1 aromatic carbocycles. The predicted octanol–water partition coefficient (Wildman–Crippen LogP) is 2.39. The van der Waals surface area contributed by atoms with Gasteiger partial charge >= 0.3 is 5.97 Å². The summed E-state index contributed by atoms with van der Waals surface area (Å²) >= 11 is 0. The molecule has 0 radical (unpaired) electrons. The SMILES string of the molecule is CC(C)(C)OC(=O)CCC(=O)NC1Cc2ccccc2C1. The highest BCUT2D eigenvalue weighted by Gasteiger charge is 2.23. The number of benzene rings is 1. The van der Waals surface area contributed by atoms with Crippen LogP contribution in [0.15, 0.2) is 24.3 Å². The van der Waals surface area contributed by atoms with Crippen molar-refractivity contribution in [3.63, 3.8) is 0 Å². The van der Waals surface area contributed by atoms with Crippen LogP contribution in [0.25, 0.3) is 0 Å². The van der Waals surface area contributed by atoms with Crippen molar-refractivity contribution >= 4 is 11.9 Å². The third-order valence-corrected chi connectivity index (χ3v) is 3.39. The molecule has 0 fully saturated rings. The van der Waals surface area contributed by atoms with E-state index in [1.54, 1.807) is 0 Å². The second kappa shape index (κ2) is 6.29. The Bertz CT molecular complexity index is 506. The van der Waals surface area contributed by atoms with E-state index in [1.165, 1.54) is 11.1 Å². The summed E-state index contributed by atoms with van der Waals surface area (Å²) in [6.07, 6.45) is 2.05. The third-order valence-electron chi connectivity index (χ3n) is 3.39. The van der Waals surface area contributed by atoms with Crippen LogP contribution >= 0.6 is 0 Å². The molecule has 2 rings (SSSR count). The van der Waals surface area contributed by atoms with Crippen LogP contribution in [0.3, 0.4) is 0 Å². The maximum Gasteiger partial charge on any atom is 0.306 e. The second-order valence-electron chi connectivity index (χ2n) is 6.53. The summed E-state index contributed by atoms with van der Waals surface area (Å²) in [5, 5.41) is 3.00. The Hall–Kier alpha value is -1.84. The lowest BCUT2D eigenvalue weighted by molar-refractivity contribution is -0.155. The van der Waals surface area contributed by atoms with Gasteiger partial charge in [-0.25, -0.2) is 0 Å². The molecule has 4 heteroatoms. The van der Waals surface area contributed by atoms with Gasteiger partial charge in [0.05, 0.1) is 6.42 Å². The van der Waals surface area contributed by atoms with Crippen molar-refractivity contribution in [2.24, 2.45) is 0 Å². The average molecular weight is 289 g/mol. The molecule has 0 spiro atoms. The maximum absolute atomic E-state index is 11.9. The van der Waals surface area contributed by atoms with Gasteiger partial charge in [-0.3, -0.25) is 9.59 Å². The van der Waals surface area contributed by atoms with Crippen LogP contribution in [-0.4, -0.2) is 23.5 Å². The third kappa shape index (κ3) is 4.88. The molecule has 0 aromatic heterocycles. The lowest BCUT2D eigenvalue weighted by Crippen LogP contribution is -2.35. The summed E-state index contributed by atoms with van der Waals surface area (Å²) in [6, 6.07) is 8.38. The minimum atomic E-state index is -0.499. The molecule has 114 valence electrons. The molecule has 0 aliphatic heterocycles.